The fourth-order valence-electron chi connectivity index (χ4n) is 2.27. The van der Waals surface area contributed by atoms with Crippen molar-refractivity contribution in [3.05, 3.63) is 0 Å². The summed E-state index contributed by atoms with van der Waals surface area (Å²) < 4.78 is 0. The van der Waals surface area contributed by atoms with E-state index in [4.69, 9.17) is 11.6 Å². The van der Waals surface area contributed by atoms with Gasteiger partial charge in [-0.3, -0.25) is 0 Å². The highest BCUT2D eigenvalue weighted by Crippen LogP contribution is 2.43. The predicted molar refractivity (Wildman–Crippen MR) is 55.7 cm³/mol. The highest BCUT2D eigenvalue weighted by atomic mass is 35.5. The van der Waals surface area contributed by atoms with Crippen LogP contribution in [-0.2, 0) is 0 Å². The van der Waals surface area contributed by atoms with E-state index in [9.17, 15) is 0 Å². The molecule has 1 fully saturated rings. The lowest BCUT2D eigenvalue weighted by molar-refractivity contribution is 0.296. The van der Waals surface area contributed by atoms with Crippen molar-refractivity contribution in [2.24, 2.45) is 5.41 Å². The number of hydrogen-bond acceptors (Lipinski definition) is 0. The Morgan fingerprint density at radius 3 is 2.67 bits per heavy atom. The molecule has 0 N–H and O–H groups in total. The first kappa shape index (κ1) is 10.4. The van der Waals surface area contributed by atoms with E-state index in [-0.39, 0.29) is 0 Å². The van der Waals surface area contributed by atoms with Gasteiger partial charge in [-0.2, -0.15) is 0 Å². The van der Waals surface area contributed by atoms with Crippen LogP contribution in [0.5, 0.6) is 0 Å². The normalized spacial score (nSPS) is 35.8. The van der Waals surface area contributed by atoms with E-state index in [1.807, 2.05) is 0 Å². The zero-order valence-electron chi connectivity index (χ0n) is 8.41. The molecule has 1 saturated carbocycles. The summed E-state index contributed by atoms with van der Waals surface area (Å²) in [5.74, 6) is 0. The molecule has 0 radical (unpaired) electrons. The van der Waals surface area contributed by atoms with Gasteiger partial charge in [0.05, 0.1) is 0 Å². The van der Waals surface area contributed by atoms with Crippen molar-refractivity contribution in [1.29, 1.82) is 0 Å². The van der Waals surface area contributed by atoms with Crippen molar-refractivity contribution >= 4 is 11.6 Å². The summed E-state index contributed by atoms with van der Waals surface area (Å²) in [7, 11) is 0. The number of halogens is 1. The molecular weight excluding hydrogens is 168 g/mol. The topological polar surface area (TPSA) is 0 Å². The molecule has 0 bridgehead atoms. The first-order chi connectivity index (χ1) is 5.66. The summed E-state index contributed by atoms with van der Waals surface area (Å²) in [5.41, 5.74) is 0.585. The monoisotopic (exact) mass is 188 g/mol. The molecule has 0 aliphatic heterocycles. The molecule has 1 aliphatic rings. The van der Waals surface area contributed by atoms with Gasteiger partial charge < -0.3 is 0 Å². The third-order valence-corrected chi connectivity index (χ3v) is 3.53. The fourth-order valence-corrected chi connectivity index (χ4v) is 2.75. The van der Waals surface area contributed by atoms with E-state index in [1.54, 1.807) is 0 Å². The van der Waals surface area contributed by atoms with Crippen molar-refractivity contribution in [3.63, 3.8) is 0 Å². The minimum atomic E-state index is 0.469. The second kappa shape index (κ2) is 4.50. The maximum absolute atomic E-state index is 6.11. The van der Waals surface area contributed by atoms with Crippen LogP contribution >= 0.6 is 11.6 Å². The number of hydrogen-bond donors (Lipinski definition) is 0. The van der Waals surface area contributed by atoms with Crippen LogP contribution in [0.15, 0.2) is 0 Å². The van der Waals surface area contributed by atoms with Gasteiger partial charge in [-0.25, -0.2) is 0 Å². The SMILES string of the molecule is CCCCCC1(C)CCC(Cl)C1. The Bertz CT molecular complexity index is 133. The fraction of sp³-hybridized carbons (Fsp3) is 1.00. The maximum atomic E-state index is 6.11. The van der Waals surface area contributed by atoms with Crippen molar-refractivity contribution < 1.29 is 0 Å². The molecule has 0 aromatic heterocycles. The lowest BCUT2D eigenvalue weighted by Gasteiger charge is -2.23. The summed E-state index contributed by atoms with van der Waals surface area (Å²) in [6.07, 6.45) is 9.36. The van der Waals surface area contributed by atoms with Crippen LogP contribution in [0.1, 0.15) is 58.8 Å². The molecule has 0 heterocycles. The third-order valence-electron chi connectivity index (χ3n) is 3.16. The van der Waals surface area contributed by atoms with Gasteiger partial charge in [0.1, 0.15) is 0 Å². The molecular formula is C11H21Cl. The largest absolute Gasteiger partial charge is 0.123 e. The van der Waals surface area contributed by atoms with E-state index in [2.05, 4.69) is 13.8 Å². The van der Waals surface area contributed by atoms with Crippen LogP contribution in [0.3, 0.4) is 0 Å². The van der Waals surface area contributed by atoms with E-state index < -0.39 is 0 Å². The van der Waals surface area contributed by atoms with Gasteiger partial charge in [0.2, 0.25) is 0 Å². The van der Waals surface area contributed by atoms with Crippen LogP contribution < -0.4 is 0 Å². The number of unbranched alkanes of at least 4 members (excludes halogenated alkanes) is 2. The Balaban J connectivity index is 2.21. The lowest BCUT2D eigenvalue weighted by Crippen LogP contribution is -2.11. The molecule has 1 heteroatoms. The Kier molecular flexibility index (Phi) is 3.89. The minimum Gasteiger partial charge on any atom is -0.123 e. The summed E-state index contributed by atoms with van der Waals surface area (Å²) in [6, 6.07) is 0. The lowest BCUT2D eigenvalue weighted by atomic mass is 9.83. The molecule has 1 aliphatic carbocycles. The first-order valence-corrected chi connectivity index (χ1v) is 5.74. The Hall–Kier alpha value is 0.290. The molecule has 0 amide bonds. The van der Waals surface area contributed by atoms with Gasteiger partial charge in [0.25, 0.3) is 0 Å². The van der Waals surface area contributed by atoms with Crippen molar-refractivity contribution in [1.82, 2.24) is 0 Å². The molecule has 0 aromatic rings. The molecule has 1 rings (SSSR count). The van der Waals surface area contributed by atoms with E-state index in [1.165, 1.54) is 44.9 Å². The predicted octanol–water partition coefficient (Wildman–Crippen LogP) is 4.36. The number of alkyl halides is 1. The average Bonchev–Trinajstić information content (AvgIpc) is 2.32. The molecule has 2 atom stereocenters. The van der Waals surface area contributed by atoms with Gasteiger partial charge in [-0.1, -0.05) is 33.1 Å². The molecule has 2 unspecified atom stereocenters. The highest BCUT2D eigenvalue weighted by molar-refractivity contribution is 6.20. The van der Waals surface area contributed by atoms with Gasteiger partial charge in [0, 0.05) is 5.38 Å². The van der Waals surface area contributed by atoms with Crippen LogP contribution in [0.4, 0.5) is 0 Å². The molecule has 0 nitrogen and oxygen atoms in total. The summed E-state index contributed by atoms with van der Waals surface area (Å²) >= 11 is 6.11. The maximum Gasteiger partial charge on any atom is 0.0341 e. The average molecular weight is 189 g/mol. The summed E-state index contributed by atoms with van der Waals surface area (Å²) in [5, 5.41) is 0.469. The van der Waals surface area contributed by atoms with Gasteiger partial charge in [-0.15, -0.1) is 11.6 Å². The smallest absolute Gasteiger partial charge is 0.0341 e. The van der Waals surface area contributed by atoms with E-state index in [0.717, 1.165) is 0 Å². The zero-order chi connectivity index (χ0) is 9.03. The van der Waals surface area contributed by atoms with E-state index >= 15 is 0 Å². The van der Waals surface area contributed by atoms with Crippen LogP contribution in [-0.4, -0.2) is 5.38 Å². The molecule has 12 heavy (non-hydrogen) atoms. The quantitative estimate of drug-likeness (QED) is 0.454. The summed E-state index contributed by atoms with van der Waals surface area (Å²) in [4.78, 5) is 0. The standard InChI is InChI=1S/C11H21Cl/c1-3-4-5-7-11(2)8-6-10(12)9-11/h10H,3-9H2,1-2H3. The van der Waals surface area contributed by atoms with Crippen LogP contribution in [0.25, 0.3) is 0 Å². The summed E-state index contributed by atoms with van der Waals surface area (Å²) in [6.45, 7) is 4.67. The zero-order valence-corrected chi connectivity index (χ0v) is 9.16. The first-order valence-electron chi connectivity index (χ1n) is 5.30. The second-order valence-electron chi connectivity index (χ2n) is 4.61. The highest BCUT2D eigenvalue weighted by Gasteiger charge is 2.33. The van der Waals surface area contributed by atoms with Crippen molar-refractivity contribution in [2.75, 3.05) is 0 Å². The Morgan fingerprint density at radius 1 is 1.42 bits per heavy atom. The molecule has 0 saturated heterocycles. The molecule has 72 valence electrons. The molecule has 0 spiro atoms. The molecule has 0 aromatic carbocycles. The van der Waals surface area contributed by atoms with Crippen molar-refractivity contribution in [3.8, 4) is 0 Å². The van der Waals surface area contributed by atoms with Crippen molar-refractivity contribution in [2.45, 2.75) is 64.2 Å². The van der Waals surface area contributed by atoms with Crippen LogP contribution in [0, 0.1) is 5.41 Å². The Labute approximate surface area is 81.7 Å². The van der Waals surface area contributed by atoms with Gasteiger partial charge in [0.15, 0.2) is 0 Å². The third kappa shape index (κ3) is 2.97. The second-order valence-corrected chi connectivity index (χ2v) is 5.23. The van der Waals surface area contributed by atoms with E-state index in [0.29, 0.717) is 10.8 Å². The van der Waals surface area contributed by atoms with Crippen LogP contribution in [0.2, 0.25) is 0 Å². The number of rotatable bonds is 4. The minimum absolute atomic E-state index is 0.469. The Morgan fingerprint density at radius 2 is 2.17 bits per heavy atom. The van der Waals surface area contributed by atoms with Gasteiger partial charge in [-0.05, 0) is 31.1 Å². The van der Waals surface area contributed by atoms with Gasteiger partial charge >= 0.3 is 0 Å².